The van der Waals surface area contributed by atoms with E-state index in [9.17, 15) is 19.5 Å². The maximum Gasteiger partial charge on any atom is 0.306 e. The van der Waals surface area contributed by atoms with Gasteiger partial charge in [0.25, 0.3) is 0 Å². The molecule has 0 N–H and O–H groups in total. The maximum absolute atomic E-state index is 12.8. The third-order valence-electron chi connectivity index (χ3n) is 11.6. The molecule has 0 saturated carbocycles. The fraction of sp³-hybridized carbons (Fsp3) is 0.768. The van der Waals surface area contributed by atoms with Gasteiger partial charge in [-0.05, 0) is 77.0 Å². The van der Waals surface area contributed by atoms with E-state index in [-0.39, 0.29) is 42.7 Å². The number of quaternary nitrogens is 1. The van der Waals surface area contributed by atoms with Gasteiger partial charge in [0.05, 0.1) is 40.3 Å². The summed E-state index contributed by atoms with van der Waals surface area (Å²) in [4.78, 5) is 37.1. The second kappa shape index (κ2) is 46.6. The van der Waals surface area contributed by atoms with Gasteiger partial charge in [-0.3, -0.25) is 9.59 Å². The van der Waals surface area contributed by atoms with Crippen LogP contribution in [0.25, 0.3) is 0 Å². The molecule has 0 aromatic carbocycles. The van der Waals surface area contributed by atoms with Crippen LogP contribution in [-0.4, -0.2) is 75.5 Å². The van der Waals surface area contributed by atoms with E-state index in [2.05, 4.69) is 74.6 Å². The van der Waals surface area contributed by atoms with E-state index in [1.807, 2.05) is 0 Å². The van der Waals surface area contributed by atoms with Gasteiger partial charge >= 0.3 is 11.9 Å². The summed E-state index contributed by atoms with van der Waals surface area (Å²) in [5, 5.41) is 11.7. The number of ether oxygens (including phenoxy) is 3. The summed E-state index contributed by atoms with van der Waals surface area (Å²) in [5.74, 6) is -1.74. The summed E-state index contributed by atoms with van der Waals surface area (Å²) in [7, 11) is 5.42. The van der Waals surface area contributed by atoms with Crippen molar-refractivity contribution in [2.75, 3.05) is 41.0 Å². The molecule has 2 unspecified atom stereocenters. The first-order chi connectivity index (χ1) is 31.1. The summed E-state index contributed by atoms with van der Waals surface area (Å²) in [5.41, 5.74) is 0. The van der Waals surface area contributed by atoms with Gasteiger partial charge in [0, 0.05) is 19.3 Å². The number of esters is 2. The fourth-order valence-corrected chi connectivity index (χ4v) is 7.59. The van der Waals surface area contributed by atoms with Crippen molar-refractivity contribution < 1.29 is 38.2 Å². The monoisotopic (exact) mass is 898 g/mol. The largest absolute Gasteiger partial charge is 0.544 e. The van der Waals surface area contributed by atoms with Crippen molar-refractivity contribution >= 4 is 17.9 Å². The molecule has 64 heavy (non-hydrogen) atoms. The Bertz CT molecular complexity index is 1230. The summed E-state index contributed by atoms with van der Waals surface area (Å²) in [6, 6.07) is -0.729. The van der Waals surface area contributed by atoms with Crippen LogP contribution in [0.1, 0.15) is 226 Å². The molecular formula is C56H99NO7. The lowest BCUT2D eigenvalue weighted by molar-refractivity contribution is -0.889. The second-order valence-electron chi connectivity index (χ2n) is 18.7. The predicted molar refractivity (Wildman–Crippen MR) is 268 cm³/mol. The van der Waals surface area contributed by atoms with Crippen molar-refractivity contribution in [3.63, 3.8) is 0 Å². The van der Waals surface area contributed by atoms with Crippen LogP contribution in [-0.2, 0) is 28.6 Å². The highest BCUT2D eigenvalue weighted by atomic mass is 16.6. The van der Waals surface area contributed by atoms with E-state index in [4.69, 9.17) is 14.2 Å². The number of rotatable bonds is 47. The summed E-state index contributed by atoms with van der Waals surface area (Å²) >= 11 is 0. The summed E-state index contributed by atoms with van der Waals surface area (Å²) in [6.07, 6.45) is 58.2. The first-order valence-electron chi connectivity index (χ1n) is 26.3. The molecule has 0 heterocycles. The number of likely N-dealkylation sites (N-methyl/N-ethyl adjacent to an activating group) is 1. The molecule has 8 heteroatoms. The van der Waals surface area contributed by atoms with E-state index in [0.717, 1.165) is 70.6 Å². The second-order valence-corrected chi connectivity index (χ2v) is 18.7. The smallest absolute Gasteiger partial charge is 0.306 e. The standard InChI is InChI=1S/C56H99NO7/c1-6-8-10-12-14-16-18-20-22-24-25-26-27-28-29-31-33-35-37-39-41-43-45-47-55(59)64-52(50-62-49-48-53(56(60)61)57(3,4)5)51-63-54(58)46-44-42-40-38-36-34-32-30-23-21-19-17-15-13-11-9-7-2/h8,10,14-17,20-23,52-53H,6-7,9,11-13,18-19,24-51H2,1-5H3/b10-8+,16-14+,17-15+,22-20+,23-21+. The maximum atomic E-state index is 12.8. The Morgan fingerprint density at radius 3 is 1.30 bits per heavy atom. The van der Waals surface area contributed by atoms with Crippen molar-refractivity contribution in [3.8, 4) is 0 Å². The van der Waals surface area contributed by atoms with Gasteiger partial charge in [-0.15, -0.1) is 0 Å². The number of carbonyl (C=O) groups is 3. The van der Waals surface area contributed by atoms with Crippen LogP contribution in [0.5, 0.6) is 0 Å². The molecular weight excluding hydrogens is 799 g/mol. The van der Waals surface area contributed by atoms with Gasteiger partial charge in [0.1, 0.15) is 12.6 Å². The van der Waals surface area contributed by atoms with Crippen LogP contribution < -0.4 is 5.11 Å². The number of aliphatic carboxylic acids is 1. The highest BCUT2D eigenvalue weighted by molar-refractivity contribution is 5.70. The Hall–Kier alpha value is -2.97. The van der Waals surface area contributed by atoms with Crippen LogP contribution in [0.3, 0.4) is 0 Å². The lowest BCUT2D eigenvalue weighted by Gasteiger charge is -2.34. The molecule has 0 radical (unpaired) electrons. The van der Waals surface area contributed by atoms with Crippen molar-refractivity contribution in [2.45, 2.75) is 238 Å². The minimum atomic E-state index is -1.13. The molecule has 0 rings (SSSR count). The van der Waals surface area contributed by atoms with E-state index >= 15 is 0 Å². The lowest BCUT2D eigenvalue weighted by Crippen LogP contribution is -2.55. The minimum absolute atomic E-state index is 0.0373. The molecule has 0 aliphatic heterocycles. The number of carboxylic acids is 1. The molecule has 8 nitrogen and oxygen atoms in total. The molecule has 0 spiro atoms. The molecule has 0 saturated heterocycles. The number of hydrogen-bond donors (Lipinski definition) is 0. The van der Waals surface area contributed by atoms with Gasteiger partial charge in [0.2, 0.25) is 0 Å². The molecule has 0 aliphatic carbocycles. The summed E-state index contributed by atoms with van der Waals surface area (Å²) < 4.78 is 17.3. The van der Waals surface area contributed by atoms with Crippen LogP contribution in [0.2, 0.25) is 0 Å². The number of nitrogens with zero attached hydrogens (tertiary/aromatic N) is 1. The number of unbranched alkanes of at least 4 members (excludes halogenated alkanes) is 23. The highest BCUT2D eigenvalue weighted by Crippen LogP contribution is 2.15. The number of carboxylic acid groups (broad SMARTS) is 1. The zero-order valence-electron chi connectivity index (χ0n) is 42.2. The van der Waals surface area contributed by atoms with Crippen LogP contribution in [0.15, 0.2) is 60.8 Å². The van der Waals surface area contributed by atoms with Gasteiger partial charge in [0.15, 0.2) is 6.10 Å². The predicted octanol–water partition coefficient (Wildman–Crippen LogP) is 14.0. The van der Waals surface area contributed by atoms with Gasteiger partial charge in [-0.25, -0.2) is 0 Å². The van der Waals surface area contributed by atoms with Gasteiger partial charge < -0.3 is 28.6 Å². The Morgan fingerprint density at radius 2 is 0.875 bits per heavy atom. The Morgan fingerprint density at radius 1 is 0.484 bits per heavy atom. The molecule has 2 atom stereocenters. The number of hydrogen-bond acceptors (Lipinski definition) is 7. The topological polar surface area (TPSA) is 102 Å². The highest BCUT2D eigenvalue weighted by Gasteiger charge is 2.25. The first kappa shape index (κ1) is 61.0. The van der Waals surface area contributed by atoms with E-state index in [1.165, 1.54) is 122 Å². The zero-order valence-corrected chi connectivity index (χ0v) is 42.2. The third kappa shape index (κ3) is 44.2. The van der Waals surface area contributed by atoms with Crippen molar-refractivity contribution in [2.24, 2.45) is 0 Å². The molecule has 0 amide bonds. The molecule has 370 valence electrons. The summed E-state index contributed by atoms with van der Waals surface area (Å²) in [6.45, 7) is 4.54. The fourth-order valence-electron chi connectivity index (χ4n) is 7.59. The lowest BCUT2D eigenvalue weighted by atomic mass is 10.0. The molecule has 0 aliphatic rings. The molecule has 0 aromatic heterocycles. The number of carbonyl (C=O) groups excluding carboxylic acids is 3. The Labute approximate surface area is 394 Å². The van der Waals surface area contributed by atoms with Crippen LogP contribution in [0.4, 0.5) is 0 Å². The average molecular weight is 898 g/mol. The van der Waals surface area contributed by atoms with Crippen LogP contribution in [0, 0.1) is 0 Å². The van der Waals surface area contributed by atoms with E-state index < -0.39 is 18.1 Å². The van der Waals surface area contributed by atoms with E-state index in [1.54, 1.807) is 21.1 Å². The SMILES string of the molecule is CC/C=C/C/C=C/C/C=C/CCCCCCCCCCCCCCCC(=O)OC(COCCC(C(=O)[O-])[N+](C)(C)C)COC(=O)CCCCCCCCC/C=C/C/C=C/CCCCC. The third-order valence-corrected chi connectivity index (χ3v) is 11.6. The van der Waals surface area contributed by atoms with Crippen LogP contribution >= 0.6 is 0 Å². The molecule has 0 aromatic rings. The molecule has 0 fully saturated rings. The van der Waals surface area contributed by atoms with Crippen molar-refractivity contribution in [1.29, 1.82) is 0 Å². The first-order valence-corrected chi connectivity index (χ1v) is 26.3. The number of allylic oxidation sites excluding steroid dienone is 10. The minimum Gasteiger partial charge on any atom is -0.544 e. The zero-order chi connectivity index (χ0) is 47.0. The normalized spacial score (nSPS) is 13.3. The molecule has 0 bridgehead atoms. The Balaban J connectivity index is 4.21. The van der Waals surface area contributed by atoms with Crippen molar-refractivity contribution in [1.82, 2.24) is 0 Å². The van der Waals surface area contributed by atoms with Crippen molar-refractivity contribution in [3.05, 3.63) is 60.8 Å². The van der Waals surface area contributed by atoms with Gasteiger partial charge in [-0.2, -0.15) is 0 Å². The Kier molecular flexibility index (Phi) is 44.4. The van der Waals surface area contributed by atoms with E-state index in [0.29, 0.717) is 12.8 Å². The quantitative estimate of drug-likeness (QED) is 0.0259. The van der Waals surface area contributed by atoms with Gasteiger partial charge in [-0.1, -0.05) is 190 Å². The average Bonchev–Trinajstić information content (AvgIpc) is 3.26.